The van der Waals surface area contributed by atoms with E-state index in [2.05, 4.69) is 5.32 Å². The minimum Gasteiger partial charge on any atom is -0.493 e. The highest BCUT2D eigenvalue weighted by Crippen LogP contribution is 2.34. The third kappa shape index (κ3) is 7.79. The van der Waals surface area contributed by atoms with Gasteiger partial charge in [-0.2, -0.15) is 0 Å². The fraction of sp³-hybridized carbons (Fsp3) is 0.355. The van der Waals surface area contributed by atoms with Crippen molar-refractivity contribution in [2.45, 2.75) is 51.1 Å². The molecule has 0 heterocycles. The number of hydrogen-bond donors (Lipinski definition) is 1. The summed E-state index contributed by atoms with van der Waals surface area (Å²) < 4.78 is 39.7. The number of anilines is 1. The number of benzene rings is 3. The zero-order valence-corrected chi connectivity index (χ0v) is 25.1. The van der Waals surface area contributed by atoms with Crippen molar-refractivity contribution >= 4 is 27.5 Å². The van der Waals surface area contributed by atoms with Crippen LogP contribution in [0.3, 0.4) is 0 Å². The molecule has 0 saturated carbocycles. The van der Waals surface area contributed by atoms with Crippen molar-refractivity contribution in [1.82, 2.24) is 10.2 Å². The van der Waals surface area contributed by atoms with E-state index in [-0.39, 0.29) is 23.0 Å². The molecule has 0 aliphatic heterocycles. The molecule has 3 aromatic carbocycles. The average molecular weight is 582 g/mol. The summed E-state index contributed by atoms with van der Waals surface area (Å²) in [6.07, 6.45) is 1.10. The molecule has 0 unspecified atom stereocenters. The summed E-state index contributed by atoms with van der Waals surface area (Å²) in [6, 6.07) is 19.5. The number of amides is 2. The minimum absolute atomic E-state index is 0.0281. The van der Waals surface area contributed by atoms with Gasteiger partial charge in [0.25, 0.3) is 10.0 Å². The Balaban J connectivity index is 2.09. The largest absolute Gasteiger partial charge is 0.493 e. The fourth-order valence-electron chi connectivity index (χ4n) is 4.40. The van der Waals surface area contributed by atoms with Crippen LogP contribution in [0.15, 0.2) is 77.7 Å². The number of rotatable bonds is 14. The minimum atomic E-state index is -4.18. The lowest BCUT2D eigenvalue weighted by Crippen LogP contribution is -2.52. The van der Waals surface area contributed by atoms with Crippen LogP contribution in [0.5, 0.6) is 11.5 Å². The van der Waals surface area contributed by atoms with Crippen molar-refractivity contribution in [1.29, 1.82) is 0 Å². The third-order valence-corrected chi connectivity index (χ3v) is 8.46. The van der Waals surface area contributed by atoms with E-state index in [4.69, 9.17) is 9.47 Å². The molecule has 220 valence electrons. The Labute approximate surface area is 243 Å². The number of nitrogens with zero attached hydrogens (tertiary/aromatic N) is 2. The second-order valence-electron chi connectivity index (χ2n) is 9.59. The van der Waals surface area contributed by atoms with E-state index in [9.17, 15) is 18.0 Å². The first-order chi connectivity index (χ1) is 19.7. The van der Waals surface area contributed by atoms with Crippen LogP contribution in [0.25, 0.3) is 0 Å². The van der Waals surface area contributed by atoms with E-state index in [0.717, 1.165) is 21.9 Å². The summed E-state index contributed by atoms with van der Waals surface area (Å²) in [5.74, 6) is -0.0661. The topological polar surface area (TPSA) is 105 Å². The van der Waals surface area contributed by atoms with Crippen molar-refractivity contribution < 1.29 is 27.5 Å². The fourth-order valence-corrected chi connectivity index (χ4v) is 5.83. The summed E-state index contributed by atoms with van der Waals surface area (Å²) in [5, 5.41) is 2.89. The van der Waals surface area contributed by atoms with Gasteiger partial charge in [0.2, 0.25) is 11.8 Å². The van der Waals surface area contributed by atoms with Crippen LogP contribution >= 0.6 is 0 Å². The number of aryl methyl sites for hydroxylation is 1. The molecule has 9 nitrogen and oxygen atoms in total. The standard InChI is InChI=1S/C31H39N3O6S/c1-6-19-32-31(36)27(7-2)33(21-24-15-13-23(3)14-16-24)30(35)22-34(41(37,38)26-11-9-8-10-12-26)25-17-18-28(39-4)29(20-25)40-5/h8-18,20,27H,6-7,19,21-22H2,1-5H3,(H,32,36)/t27-/m0/s1. The van der Waals surface area contributed by atoms with E-state index in [0.29, 0.717) is 24.5 Å². The van der Waals surface area contributed by atoms with Gasteiger partial charge in [0.15, 0.2) is 11.5 Å². The van der Waals surface area contributed by atoms with Crippen molar-refractivity contribution in [3.05, 3.63) is 83.9 Å². The highest BCUT2D eigenvalue weighted by atomic mass is 32.2. The Morgan fingerprint density at radius 1 is 0.902 bits per heavy atom. The Morgan fingerprint density at radius 2 is 1.56 bits per heavy atom. The molecular weight excluding hydrogens is 542 g/mol. The maximum atomic E-state index is 14.1. The molecule has 3 rings (SSSR count). The Morgan fingerprint density at radius 3 is 2.15 bits per heavy atom. The number of sulfonamides is 1. The van der Waals surface area contributed by atoms with Gasteiger partial charge in [-0.1, -0.05) is 61.9 Å². The van der Waals surface area contributed by atoms with Crippen LogP contribution in [-0.2, 0) is 26.2 Å². The second-order valence-corrected chi connectivity index (χ2v) is 11.4. The first-order valence-corrected chi connectivity index (χ1v) is 15.0. The highest BCUT2D eigenvalue weighted by molar-refractivity contribution is 7.92. The number of carbonyl (C=O) groups excluding carboxylic acids is 2. The van der Waals surface area contributed by atoms with Crippen LogP contribution in [0.2, 0.25) is 0 Å². The van der Waals surface area contributed by atoms with Gasteiger partial charge >= 0.3 is 0 Å². The Hall–Kier alpha value is -4.05. The summed E-state index contributed by atoms with van der Waals surface area (Å²) >= 11 is 0. The van der Waals surface area contributed by atoms with E-state index in [1.807, 2.05) is 45.0 Å². The smallest absolute Gasteiger partial charge is 0.264 e. The van der Waals surface area contributed by atoms with Crippen LogP contribution in [0, 0.1) is 6.92 Å². The van der Waals surface area contributed by atoms with Gasteiger partial charge in [0.05, 0.1) is 24.8 Å². The summed E-state index contributed by atoms with van der Waals surface area (Å²) in [6.45, 7) is 5.83. The lowest BCUT2D eigenvalue weighted by atomic mass is 10.1. The zero-order chi connectivity index (χ0) is 30.0. The summed E-state index contributed by atoms with van der Waals surface area (Å²) in [4.78, 5) is 28.8. The monoisotopic (exact) mass is 581 g/mol. The van der Waals surface area contributed by atoms with Gasteiger partial charge in [-0.25, -0.2) is 8.42 Å². The SMILES string of the molecule is CCCNC(=O)[C@H](CC)N(Cc1ccc(C)cc1)C(=O)CN(c1ccc(OC)c(OC)c1)S(=O)(=O)c1ccccc1. The molecule has 41 heavy (non-hydrogen) atoms. The van der Waals surface area contributed by atoms with E-state index in [1.54, 1.807) is 30.3 Å². The predicted molar refractivity (Wildman–Crippen MR) is 160 cm³/mol. The molecule has 0 spiro atoms. The van der Waals surface area contributed by atoms with Gasteiger partial charge in [0, 0.05) is 19.2 Å². The maximum absolute atomic E-state index is 14.1. The predicted octanol–water partition coefficient (Wildman–Crippen LogP) is 4.54. The molecule has 0 aromatic heterocycles. The molecule has 0 bridgehead atoms. The number of hydrogen-bond acceptors (Lipinski definition) is 6. The molecule has 2 amide bonds. The van der Waals surface area contributed by atoms with Gasteiger partial charge in [0.1, 0.15) is 12.6 Å². The number of methoxy groups -OCH3 is 2. The van der Waals surface area contributed by atoms with Crippen molar-refractivity contribution in [3.63, 3.8) is 0 Å². The molecule has 0 aliphatic rings. The molecule has 10 heteroatoms. The molecule has 0 fully saturated rings. The second kappa shape index (κ2) is 14.5. The van der Waals surface area contributed by atoms with Crippen LogP contribution in [0.4, 0.5) is 5.69 Å². The zero-order valence-electron chi connectivity index (χ0n) is 24.3. The Bertz CT molecular complexity index is 1410. The van der Waals surface area contributed by atoms with E-state index >= 15 is 0 Å². The maximum Gasteiger partial charge on any atom is 0.264 e. The number of ether oxygens (including phenoxy) is 2. The van der Waals surface area contributed by atoms with E-state index in [1.165, 1.54) is 37.3 Å². The molecule has 0 radical (unpaired) electrons. The molecule has 1 N–H and O–H groups in total. The molecular formula is C31H39N3O6S. The first-order valence-electron chi connectivity index (χ1n) is 13.6. The first kappa shape index (κ1) is 31.5. The van der Waals surface area contributed by atoms with Crippen molar-refractivity contribution in [2.24, 2.45) is 0 Å². The molecule has 1 atom stereocenters. The van der Waals surface area contributed by atoms with Gasteiger partial charge in [-0.3, -0.25) is 13.9 Å². The number of carbonyl (C=O) groups is 2. The molecule has 3 aromatic rings. The normalized spacial score (nSPS) is 11.8. The lowest BCUT2D eigenvalue weighted by Gasteiger charge is -2.33. The quantitative estimate of drug-likeness (QED) is 0.300. The Kier molecular flexibility index (Phi) is 11.2. The third-order valence-electron chi connectivity index (χ3n) is 6.67. The molecule has 0 saturated heterocycles. The number of nitrogens with one attached hydrogen (secondary N) is 1. The van der Waals surface area contributed by atoms with E-state index < -0.39 is 28.5 Å². The molecule has 0 aliphatic carbocycles. The van der Waals surface area contributed by atoms with Crippen LogP contribution in [0.1, 0.15) is 37.8 Å². The highest BCUT2D eigenvalue weighted by Gasteiger charge is 2.34. The lowest BCUT2D eigenvalue weighted by molar-refractivity contribution is -0.140. The summed E-state index contributed by atoms with van der Waals surface area (Å²) in [5.41, 5.74) is 2.11. The van der Waals surface area contributed by atoms with Crippen molar-refractivity contribution in [2.75, 3.05) is 31.6 Å². The van der Waals surface area contributed by atoms with Gasteiger partial charge < -0.3 is 19.7 Å². The average Bonchev–Trinajstić information content (AvgIpc) is 2.99. The van der Waals surface area contributed by atoms with Crippen LogP contribution < -0.4 is 19.1 Å². The van der Waals surface area contributed by atoms with Crippen molar-refractivity contribution in [3.8, 4) is 11.5 Å². The van der Waals surface area contributed by atoms with Gasteiger partial charge in [-0.15, -0.1) is 0 Å². The summed E-state index contributed by atoms with van der Waals surface area (Å²) in [7, 11) is -1.25. The van der Waals surface area contributed by atoms with Gasteiger partial charge in [-0.05, 0) is 49.6 Å². The van der Waals surface area contributed by atoms with Crippen LogP contribution in [-0.4, -0.2) is 58.5 Å².